The van der Waals surface area contributed by atoms with E-state index in [0.29, 0.717) is 5.56 Å². The minimum absolute atomic E-state index is 0.144. The van der Waals surface area contributed by atoms with Crippen molar-refractivity contribution in [2.24, 2.45) is 0 Å². The van der Waals surface area contributed by atoms with Crippen LogP contribution < -0.4 is 5.32 Å². The molecule has 1 amide bonds. The molecular formula is C12H16BrNO2. The molecule has 0 spiro atoms. The number of hydrogen-bond donors (Lipinski definition) is 2. The van der Waals surface area contributed by atoms with Crippen LogP contribution in [0.4, 0.5) is 0 Å². The lowest BCUT2D eigenvalue weighted by Gasteiger charge is -2.10. The van der Waals surface area contributed by atoms with Gasteiger partial charge in [-0.15, -0.1) is 0 Å². The molecule has 0 fully saturated rings. The van der Waals surface area contributed by atoms with Crippen molar-refractivity contribution in [2.75, 3.05) is 6.54 Å². The van der Waals surface area contributed by atoms with Crippen LogP contribution in [0.1, 0.15) is 28.4 Å². The zero-order valence-electron chi connectivity index (χ0n) is 9.67. The van der Waals surface area contributed by atoms with Crippen molar-refractivity contribution in [3.63, 3.8) is 0 Å². The van der Waals surface area contributed by atoms with Crippen molar-refractivity contribution >= 4 is 21.8 Å². The Labute approximate surface area is 104 Å². The Morgan fingerprint density at radius 3 is 2.62 bits per heavy atom. The number of aliphatic hydroxyl groups excluding tert-OH is 1. The number of nitrogens with one attached hydrogen (secondary N) is 1. The monoisotopic (exact) mass is 285 g/mol. The second kappa shape index (κ2) is 5.46. The van der Waals surface area contributed by atoms with Crippen LogP contribution in [0.2, 0.25) is 0 Å². The highest BCUT2D eigenvalue weighted by Gasteiger charge is 2.11. The van der Waals surface area contributed by atoms with Crippen LogP contribution in [-0.4, -0.2) is 23.7 Å². The average Bonchev–Trinajstić information content (AvgIpc) is 2.20. The summed E-state index contributed by atoms with van der Waals surface area (Å²) >= 11 is 3.42. The summed E-state index contributed by atoms with van der Waals surface area (Å²) < 4.78 is 0.997. The van der Waals surface area contributed by atoms with Gasteiger partial charge in [0.2, 0.25) is 0 Å². The number of amides is 1. The first-order chi connectivity index (χ1) is 7.41. The molecule has 0 heterocycles. The quantitative estimate of drug-likeness (QED) is 0.894. The molecular weight excluding hydrogens is 270 g/mol. The Morgan fingerprint density at radius 1 is 1.44 bits per heavy atom. The number of hydrogen-bond acceptors (Lipinski definition) is 2. The third kappa shape index (κ3) is 3.32. The molecule has 1 aromatic carbocycles. The van der Waals surface area contributed by atoms with E-state index in [-0.39, 0.29) is 12.5 Å². The third-order valence-electron chi connectivity index (χ3n) is 2.31. The lowest BCUT2D eigenvalue weighted by molar-refractivity contribution is 0.0923. The van der Waals surface area contributed by atoms with Crippen molar-refractivity contribution in [2.45, 2.75) is 26.9 Å². The SMILES string of the molecule is Cc1cc(C(=O)NCC(C)O)c(C)cc1Br. The summed E-state index contributed by atoms with van der Waals surface area (Å²) in [6.45, 7) is 5.74. The molecule has 3 nitrogen and oxygen atoms in total. The van der Waals surface area contributed by atoms with Crippen molar-refractivity contribution in [3.05, 3.63) is 33.3 Å². The molecule has 0 aliphatic carbocycles. The summed E-state index contributed by atoms with van der Waals surface area (Å²) in [5.41, 5.74) is 2.59. The summed E-state index contributed by atoms with van der Waals surface area (Å²) in [5.74, 6) is -0.144. The first-order valence-electron chi connectivity index (χ1n) is 5.15. The van der Waals surface area contributed by atoms with Gasteiger partial charge in [-0.25, -0.2) is 0 Å². The van der Waals surface area contributed by atoms with E-state index in [1.54, 1.807) is 6.92 Å². The Morgan fingerprint density at radius 2 is 2.06 bits per heavy atom. The van der Waals surface area contributed by atoms with Crippen LogP contribution >= 0.6 is 15.9 Å². The van der Waals surface area contributed by atoms with Crippen LogP contribution in [0.5, 0.6) is 0 Å². The van der Waals surface area contributed by atoms with Gasteiger partial charge in [-0.2, -0.15) is 0 Å². The maximum absolute atomic E-state index is 11.8. The minimum atomic E-state index is -0.527. The Kier molecular flexibility index (Phi) is 4.50. The summed E-state index contributed by atoms with van der Waals surface area (Å²) in [5, 5.41) is 11.8. The lowest BCUT2D eigenvalue weighted by atomic mass is 10.1. The van der Waals surface area contributed by atoms with E-state index in [0.717, 1.165) is 15.6 Å². The van der Waals surface area contributed by atoms with Crippen LogP contribution in [0.25, 0.3) is 0 Å². The van der Waals surface area contributed by atoms with Crippen LogP contribution in [0.15, 0.2) is 16.6 Å². The van der Waals surface area contributed by atoms with E-state index in [2.05, 4.69) is 21.2 Å². The van der Waals surface area contributed by atoms with E-state index < -0.39 is 6.10 Å². The van der Waals surface area contributed by atoms with Crippen molar-refractivity contribution < 1.29 is 9.90 Å². The second-order valence-electron chi connectivity index (χ2n) is 3.98. The van der Waals surface area contributed by atoms with Crippen molar-refractivity contribution in [3.8, 4) is 0 Å². The van der Waals surface area contributed by atoms with E-state index in [4.69, 9.17) is 5.11 Å². The van der Waals surface area contributed by atoms with Gasteiger partial charge in [0.15, 0.2) is 0 Å². The molecule has 16 heavy (non-hydrogen) atoms. The molecule has 1 rings (SSSR count). The van der Waals surface area contributed by atoms with Gasteiger partial charge >= 0.3 is 0 Å². The Hall–Kier alpha value is -0.870. The van der Waals surface area contributed by atoms with Gasteiger partial charge in [0.1, 0.15) is 0 Å². The second-order valence-corrected chi connectivity index (χ2v) is 4.83. The molecule has 1 aromatic rings. The highest BCUT2D eigenvalue weighted by atomic mass is 79.9. The fourth-order valence-corrected chi connectivity index (χ4v) is 1.82. The van der Waals surface area contributed by atoms with Crippen molar-refractivity contribution in [1.29, 1.82) is 0 Å². The molecule has 0 radical (unpaired) electrons. The summed E-state index contributed by atoms with van der Waals surface area (Å²) in [4.78, 5) is 11.8. The molecule has 4 heteroatoms. The highest BCUT2D eigenvalue weighted by Crippen LogP contribution is 2.20. The molecule has 0 bridgehead atoms. The van der Waals surface area contributed by atoms with Gasteiger partial charge in [-0.3, -0.25) is 4.79 Å². The zero-order valence-corrected chi connectivity index (χ0v) is 11.3. The predicted octanol–water partition coefficient (Wildman–Crippen LogP) is 2.18. The number of rotatable bonds is 3. The first kappa shape index (κ1) is 13.2. The number of halogens is 1. The van der Waals surface area contributed by atoms with Crippen LogP contribution in [0, 0.1) is 13.8 Å². The third-order valence-corrected chi connectivity index (χ3v) is 3.16. The predicted molar refractivity (Wildman–Crippen MR) is 67.6 cm³/mol. The number of aryl methyl sites for hydroxylation is 2. The molecule has 0 saturated heterocycles. The Bertz CT molecular complexity index is 402. The van der Waals surface area contributed by atoms with Crippen LogP contribution in [-0.2, 0) is 0 Å². The lowest BCUT2D eigenvalue weighted by Crippen LogP contribution is -2.31. The maximum Gasteiger partial charge on any atom is 0.251 e. The number of aliphatic hydroxyl groups is 1. The normalized spacial score (nSPS) is 12.3. The number of carbonyl (C=O) groups is 1. The molecule has 0 saturated carbocycles. The molecule has 1 unspecified atom stereocenters. The van der Waals surface area contributed by atoms with Gasteiger partial charge in [-0.1, -0.05) is 15.9 Å². The van der Waals surface area contributed by atoms with E-state index in [1.807, 2.05) is 26.0 Å². The van der Waals surface area contributed by atoms with Gasteiger partial charge in [0, 0.05) is 16.6 Å². The minimum Gasteiger partial charge on any atom is -0.392 e. The summed E-state index contributed by atoms with van der Waals surface area (Å²) in [6, 6.07) is 3.77. The molecule has 2 N–H and O–H groups in total. The van der Waals surface area contributed by atoms with Crippen LogP contribution in [0.3, 0.4) is 0 Å². The topological polar surface area (TPSA) is 49.3 Å². The maximum atomic E-state index is 11.8. The molecule has 0 aliphatic heterocycles. The van der Waals surface area contributed by atoms with E-state index in [9.17, 15) is 4.79 Å². The van der Waals surface area contributed by atoms with Gasteiger partial charge in [0.25, 0.3) is 5.91 Å². The summed E-state index contributed by atoms with van der Waals surface area (Å²) in [6.07, 6.45) is -0.527. The van der Waals surface area contributed by atoms with E-state index >= 15 is 0 Å². The fourth-order valence-electron chi connectivity index (χ4n) is 1.36. The molecule has 0 aromatic heterocycles. The average molecular weight is 286 g/mol. The number of carbonyl (C=O) groups excluding carboxylic acids is 1. The highest BCUT2D eigenvalue weighted by molar-refractivity contribution is 9.10. The van der Waals surface area contributed by atoms with E-state index in [1.165, 1.54) is 0 Å². The van der Waals surface area contributed by atoms with Gasteiger partial charge in [0.05, 0.1) is 6.10 Å². The summed E-state index contributed by atoms with van der Waals surface area (Å²) in [7, 11) is 0. The largest absolute Gasteiger partial charge is 0.392 e. The van der Waals surface area contributed by atoms with Crippen molar-refractivity contribution in [1.82, 2.24) is 5.32 Å². The Balaban J connectivity index is 2.87. The zero-order chi connectivity index (χ0) is 12.3. The smallest absolute Gasteiger partial charge is 0.251 e. The molecule has 0 aliphatic rings. The first-order valence-corrected chi connectivity index (χ1v) is 5.94. The fraction of sp³-hybridized carbons (Fsp3) is 0.417. The molecule has 1 atom stereocenters. The standard InChI is InChI=1S/C12H16BrNO2/c1-7-5-11(13)8(2)4-10(7)12(16)14-6-9(3)15/h4-5,9,15H,6H2,1-3H3,(H,14,16). The van der Waals surface area contributed by atoms with Gasteiger partial charge < -0.3 is 10.4 Å². The number of benzene rings is 1. The van der Waals surface area contributed by atoms with Gasteiger partial charge in [-0.05, 0) is 44.0 Å². The molecule has 88 valence electrons.